The van der Waals surface area contributed by atoms with Crippen LogP contribution in [0.4, 0.5) is 4.79 Å². The minimum absolute atomic E-state index is 0.0596. The number of hydrogen-bond acceptors (Lipinski definition) is 3. The summed E-state index contributed by atoms with van der Waals surface area (Å²) in [6, 6.07) is 7.96. The second-order valence-corrected chi connectivity index (χ2v) is 7.69. The van der Waals surface area contributed by atoms with E-state index < -0.39 is 0 Å². The van der Waals surface area contributed by atoms with Crippen LogP contribution in [0.3, 0.4) is 0 Å². The van der Waals surface area contributed by atoms with Gasteiger partial charge in [0.1, 0.15) is 11.6 Å². The van der Waals surface area contributed by atoms with E-state index in [0.717, 1.165) is 42.1 Å². The predicted molar refractivity (Wildman–Crippen MR) is 104 cm³/mol. The van der Waals surface area contributed by atoms with Gasteiger partial charge in [-0.2, -0.15) is 0 Å². The molecule has 0 spiro atoms. The molecule has 1 saturated carbocycles. The molecule has 2 heterocycles. The van der Waals surface area contributed by atoms with Crippen LogP contribution in [-0.2, 0) is 20.1 Å². The summed E-state index contributed by atoms with van der Waals surface area (Å²) in [6.07, 6.45) is 6.11. The molecule has 1 aliphatic carbocycles. The van der Waals surface area contributed by atoms with E-state index in [1.54, 1.807) is 4.90 Å². The van der Waals surface area contributed by atoms with Crippen molar-refractivity contribution in [2.45, 2.75) is 32.9 Å². The Labute approximate surface area is 159 Å². The van der Waals surface area contributed by atoms with Crippen LogP contribution in [0.15, 0.2) is 36.7 Å². The highest BCUT2D eigenvalue weighted by Gasteiger charge is 2.43. The van der Waals surface area contributed by atoms with Crippen molar-refractivity contribution < 1.29 is 4.79 Å². The lowest BCUT2D eigenvalue weighted by atomic mass is 10.1. The molecule has 0 saturated heterocycles. The Balaban J connectivity index is 1.35. The molecule has 1 aliphatic rings. The number of fused-ring (bicyclic) bond motifs is 1. The minimum Gasteiger partial charge on any atom is -0.337 e. The average molecular weight is 366 g/mol. The first-order valence-electron chi connectivity index (χ1n) is 9.34. The molecule has 1 aromatic carbocycles. The average Bonchev–Trinajstić information content (AvgIpc) is 3.21. The van der Waals surface area contributed by atoms with Crippen LogP contribution in [0.1, 0.15) is 24.5 Å². The van der Waals surface area contributed by atoms with E-state index in [0.29, 0.717) is 13.1 Å². The van der Waals surface area contributed by atoms with Gasteiger partial charge < -0.3 is 19.4 Å². The Morgan fingerprint density at radius 3 is 2.78 bits per heavy atom. The van der Waals surface area contributed by atoms with E-state index in [2.05, 4.69) is 19.9 Å². The topological polar surface area (TPSA) is 68.0 Å². The maximum absolute atomic E-state index is 12.6. The van der Waals surface area contributed by atoms with Crippen molar-refractivity contribution in [3.05, 3.63) is 48.3 Å². The van der Waals surface area contributed by atoms with Crippen molar-refractivity contribution in [3.8, 4) is 0 Å². The maximum Gasteiger partial charge on any atom is 0.317 e. The number of para-hydroxylation sites is 2. The van der Waals surface area contributed by atoms with Crippen LogP contribution in [0.25, 0.3) is 11.0 Å². The first-order chi connectivity index (χ1) is 13.0. The van der Waals surface area contributed by atoms with Crippen molar-refractivity contribution in [1.82, 2.24) is 29.3 Å². The van der Waals surface area contributed by atoms with Crippen molar-refractivity contribution in [2.75, 3.05) is 13.6 Å². The van der Waals surface area contributed by atoms with Crippen LogP contribution >= 0.6 is 0 Å². The highest BCUT2D eigenvalue weighted by atomic mass is 16.2. The molecule has 1 N–H and O–H groups in total. The molecule has 4 rings (SSSR count). The standard InChI is InChI=1S/C20H26N6O/c1-15-21-10-11-26(15)14-20(8-9-20)13-22-19(27)24(2)12-18-23-16-6-4-5-7-17(16)25(18)3/h4-7,10-11H,8-9,12-14H2,1-3H3,(H,22,27). The number of urea groups is 1. The summed E-state index contributed by atoms with van der Waals surface area (Å²) in [7, 11) is 3.80. The number of aromatic nitrogens is 4. The Hall–Kier alpha value is -2.83. The summed E-state index contributed by atoms with van der Waals surface area (Å²) in [4.78, 5) is 23.2. The van der Waals surface area contributed by atoms with E-state index in [4.69, 9.17) is 0 Å². The Bertz CT molecular complexity index is 968. The lowest BCUT2D eigenvalue weighted by Crippen LogP contribution is -2.40. The van der Waals surface area contributed by atoms with Crippen LogP contribution in [0.2, 0.25) is 0 Å². The largest absolute Gasteiger partial charge is 0.337 e. The summed E-state index contributed by atoms with van der Waals surface area (Å²) in [5.41, 5.74) is 2.20. The molecule has 142 valence electrons. The van der Waals surface area contributed by atoms with Gasteiger partial charge in [0, 0.05) is 45.0 Å². The number of carbonyl (C=O) groups excluding carboxylic acids is 1. The molecule has 27 heavy (non-hydrogen) atoms. The van der Waals surface area contributed by atoms with Crippen molar-refractivity contribution in [1.29, 1.82) is 0 Å². The molecule has 0 aliphatic heterocycles. The number of nitrogens with one attached hydrogen (secondary N) is 1. The smallest absolute Gasteiger partial charge is 0.317 e. The quantitative estimate of drug-likeness (QED) is 0.729. The maximum atomic E-state index is 12.6. The summed E-state index contributed by atoms with van der Waals surface area (Å²) in [5.74, 6) is 1.90. The zero-order chi connectivity index (χ0) is 19.0. The highest BCUT2D eigenvalue weighted by Crippen LogP contribution is 2.46. The summed E-state index contributed by atoms with van der Waals surface area (Å²) >= 11 is 0. The molecule has 0 bridgehead atoms. The van der Waals surface area contributed by atoms with E-state index in [9.17, 15) is 4.79 Å². The number of benzene rings is 1. The van der Waals surface area contributed by atoms with Gasteiger partial charge in [-0.15, -0.1) is 0 Å². The Morgan fingerprint density at radius 1 is 1.33 bits per heavy atom. The second kappa shape index (κ2) is 6.72. The Morgan fingerprint density at radius 2 is 2.11 bits per heavy atom. The van der Waals surface area contributed by atoms with Gasteiger partial charge in [0.25, 0.3) is 0 Å². The molecule has 0 radical (unpaired) electrons. The molecule has 2 aromatic heterocycles. The molecular formula is C20H26N6O. The van der Waals surface area contributed by atoms with Gasteiger partial charge in [0.15, 0.2) is 0 Å². The third-order valence-electron chi connectivity index (χ3n) is 5.61. The fraction of sp³-hybridized carbons (Fsp3) is 0.450. The molecule has 1 fully saturated rings. The molecule has 3 aromatic rings. The highest BCUT2D eigenvalue weighted by molar-refractivity contribution is 5.76. The van der Waals surface area contributed by atoms with Gasteiger partial charge in [-0.3, -0.25) is 0 Å². The van der Waals surface area contributed by atoms with Crippen LogP contribution in [0, 0.1) is 12.3 Å². The SMILES string of the molecule is Cc1nccn1CC1(CNC(=O)N(C)Cc2nc3ccccc3n2C)CC1. The number of amides is 2. The molecule has 7 heteroatoms. The van der Waals surface area contributed by atoms with Gasteiger partial charge in [-0.05, 0) is 31.9 Å². The van der Waals surface area contributed by atoms with Gasteiger partial charge in [0.05, 0.1) is 17.6 Å². The van der Waals surface area contributed by atoms with Gasteiger partial charge in [0.2, 0.25) is 0 Å². The second-order valence-electron chi connectivity index (χ2n) is 7.69. The van der Waals surface area contributed by atoms with Gasteiger partial charge in [-0.25, -0.2) is 14.8 Å². The Kier molecular flexibility index (Phi) is 4.37. The summed E-state index contributed by atoms with van der Waals surface area (Å²) in [5, 5.41) is 3.11. The minimum atomic E-state index is -0.0596. The number of imidazole rings is 2. The zero-order valence-electron chi connectivity index (χ0n) is 16.1. The van der Waals surface area contributed by atoms with E-state index in [1.165, 1.54) is 0 Å². The van der Waals surface area contributed by atoms with Crippen LogP contribution in [0.5, 0.6) is 0 Å². The molecule has 2 amide bonds. The fourth-order valence-corrected chi connectivity index (χ4v) is 3.52. The fourth-order valence-electron chi connectivity index (χ4n) is 3.52. The van der Waals surface area contributed by atoms with Crippen molar-refractivity contribution in [3.63, 3.8) is 0 Å². The predicted octanol–water partition coefficient (Wildman–Crippen LogP) is 2.70. The van der Waals surface area contributed by atoms with Gasteiger partial charge in [-0.1, -0.05) is 12.1 Å². The first kappa shape index (κ1) is 17.6. The van der Waals surface area contributed by atoms with Crippen LogP contribution < -0.4 is 5.32 Å². The van der Waals surface area contributed by atoms with E-state index in [1.807, 2.05) is 62.2 Å². The summed E-state index contributed by atoms with van der Waals surface area (Å²) in [6.45, 7) is 4.09. The lowest BCUT2D eigenvalue weighted by Gasteiger charge is -2.21. The molecule has 0 atom stereocenters. The number of nitrogens with zero attached hydrogens (tertiary/aromatic N) is 5. The van der Waals surface area contributed by atoms with E-state index >= 15 is 0 Å². The van der Waals surface area contributed by atoms with Crippen molar-refractivity contribution >= 4 is 17.1 Å². The number of aryl methyl sites for hydroxylation is 2. The number of carbonyl (C=O) groups is 1. The number of rotatable bonds is 6. The third-order valence-corrected chi connectivity index (χ3v) is 5.61. The lowest BCUT2D eigenvalue weighted by molar-refractivity contribution is 0.201. The molecule has 0 unspecified atom stereocenters. The zero-order valence-corrected chi connectivity index (χ0v) is 16.1. The molecular weight excluding hydrogens is 340 g/mol. The summed E-state index contributed by atoms with van der Waals surface area (Å²) < 4.78 is 4.21. The number of hydrogen-bond donors (Lipinski definition) is 1. The van der Waals surface area contributed by atoms with E-state index in [-0.39, 0.29) is 11.4 Å². The third kappa shape index (κ3) is 3.54. The molecule has 7 nitrogen and oxygen atoms in total. The monoisotopic (exact) mass is 366 g/mol. The van der Waals surface area contributed by atoms with Crippen LogP contribution in [-0.4, -0.2) is 43.6 Å². The van der Waals surface area contributed by atoms with Crippen molar-refractivity contribution in [2.24, 2.45) is 12.5 Å². The first-order valence-corrected chi connectivity index (χ1v) is 9.34. The van der Waals surface area contributed by atoms with Gasteiger partial charge >= 0.3 is 6.03 Å². The normalized spacial score (nSPS) is 15.1.